The molecule has 13 heteroatoms. The van der Waals surface area contributed by atoms with Gasteiger partial charge >= 0.3 is 6.09 Å². The van der Waals surface area contributed by atoms with E-state index in [1.807, 2.05) is 23.9 Å². The number of amides is 1. The zero-order chi connectivity index (χ0) is 38.5. The highest BCUT2D eigenvalue weighted by atomic mass is 28.4. The fourth-order valence-corrected chi connectivity index (χ4v) is 12.6. The molecule has 286 valence electrons. The molecule has 3 aromatic heterocycles. The van der Waals surface area contributed by atoms with Gasteiger partial charge in [-0.2, -0.15) is 10.1 Å². The van der Waals surface area contributed by atoms with Gasteiger partial charge in [-0.05, 0) is 59.6 Å². The number of methoxy groups -OCH3 is 1. The normalized spacial score (nSPS) is 15.7. The van der Waals surface area contributed by atoms with Gasteiger partial charge in [-0.1, -0.05) is 94.8 Å². The van der Waals surface area contributed by atoms with Gasteiger partial charge < -0.3 is 30.2 Å². The van der Waals surface area contributed by atoms with E-state index in [2.05, 4.69) is 98.7 Å². The predicted octanol–water partition coefficient (Wildman–Crippen LogP) is 6.57. The molecule has 1 aliphatic heterocycles. The van der Waals surface area contributed by atoms with E-state index >= 15 is 0 Å². The lowest BCUT2D eigenvalue weighted by Crippen LogP contribution is -2.66. The number of nitrogens with two attached hydrogens (primary N) is 1. The zero-order valence-electron chi connectivity index (χ0n) is 32.4. The van der Waals surface area contributed by atoms with Crippen LogP contribution in [0.1, 0.15) is 82.7 Å². The lowest BCUT2D eigenvalue weighted by atomic mass is 9.91. The molecule has 12 nitrogen and oxygen atoms in total. The van der Waals surface area contributed by atoms with Gasteiger partial charge in [0.1, 0.15) is 22.5 Å². The molecule has 0 spiro atoms. The molecular weight excluding hydrogens is 697 g/mol. The largest absolute Gasteiger partial charge is 0.495 e. The van der Waals surface area contributed by atoms with Crippen molar-refractivity contribution in [2.75, 3.05) is 37.9 Å². The SMILES string of the molecule is CCCC(CCO[Si](c1ccccc1)(c1ccccc1)C(C)(C)C)Nc1nc(N)nc2c(C)nn(Cc3ncc(C4CCCN(C(=O)O)C4)cc3OC)c12. The molecule has 2 unspecified atom stereocenters. The number of nitrogen functional groups attached to an aromatic ring is 1. The van der Waals surface area contributed by atoms with E-state index in [4.69, 9.17) is 30.0 Å². The molecule has 0 saturated carbocycles. The van der Waals surface area contributed by atoms with Crippen LogP contribution in [0.2, 0.25) is 5.04 Å². The zero-order valence-corrected chi connectivity index (χ0v) is 33.4. The van der Waals surface area contributed by atoms with Gasteiger partial charge in [0.25, 0.3) is 8.32 Å². The number of likely N-dealkylation sites (tertiary alicyclic amines) is 1. The molecular formula is C41H54N8O4Si. The number of aryl methyl sites for hydroxylation is 1. The summed E-state index contributed by atoms with van der Waals surface area (Å²) in [6, 6.07) is 23.5. The number of nitrogens with one attached hydrogen (secondary N) is 1. The summed E-state index contributed by atoms with van der Waals surface area (Å²) < 4.78 is 15.0. The van der Waals surface area contributed by atoms with Gasteiger partial charge in [-0.25, -0.2) is 9.78 Å². The van der Waals surface area contributed by atoms with Crippen LogP contribution in [0, 0.1) is 6.92 Å². The Hall–Kier alpha value is -5.01. The number of carboxylic acid groups (broad SMARTS) is 1. The van der Waals surface area contributed by atoms with Crippen LogP contribution in [0.25, 0.3) is 11.0 Å². The Labute approximate surface area is 319 Å². The molecule has 6 rings (SSSR count). The summed E-state index contributed by atoms with van der Waals surface area (Å²) in [5.41, 5.74) is 10.1. The smallest absolute Gasteiger partial charge is 0.407 e. The highest BCUT2D eigenvalue weighted by Crippen LogP contribution is 2.37. The first-order valence-corrected chi connectivity index (χ1v) is 20.9. The predicted molar refractivity (Wildman–Crippen MR) is 216 cm³/mol. The summed E-state index contributed by atoms with van der Waals surface area (Å²) in [7, 11) is -1.07. The Morgan fingerprint density at radius 2 is 1.76 bits per heavy atom. The third kappa shape index (κ3) is 8.07. The summed E-state index contributed by atoms with van der Waals surface area (Å²) in [5.74, 6) is 1.47. The van der Waals surface area contributed by atoms with E-state index in [-0.39, 0.29) is 22.9 Å². The lowest BCUT2D eigenvalue weighted by Gasteiger charge is -2.43. The summed E-state index contributed by atoms with van der Waals surface area (Å²) in [6.07, 6.45) is 5.28. The topological polar surface area (TPSA) is 154 Å². The molecule has 1 saturated heterocycles. The maximum atomic E-state index is 11.7. The molecule has 1 aliphatic rings. The number of rotatable bonds is 14. The van der Waals surface area contributed by atoms with E-state index in [1.54, 1.807) is 7.11 Å². The molecule has 0 bridgehead atoms. The van der Waals surface area contributed by atoms with Crippen LogP contribution in [-0.2, 0) is 11.0 Å². The van der Waals surface area contributed by atoms with E-state index in [1.165, 1.54) is 15.3 Å². The highest BCUT2D eigenvalue weighted by Gasteiger charge is 2.50. The minimum Gasteiger partial charge on any atom is -0.495 e. The summed E-state index contributed by atoms with van der Waals surface area (Å²) in [5, 5.41) is 20.6. The number of ether oxygens (including phenoxy) is 1. The van der Waals surface area contributed by atoms with Gasteiger partial charge in [-0.15, -0.1) is 0 Å². The maximum Gasteiger partial charge on any atom is 0.407 e. The van der Waals surface area contributed by atoms with Crippen LogP contribution in [0.4, 0.5) is 16.6 Å². The van der Waals surface area contributed by atoms with E-state index in [0.717, 1.165) is 48.9 Å². The second-order valence-corrected chi connectivity index (χ2v) is 19.6. The molecule has 1 fully saturated rings. The lowest BCUT2D eigenvalue weighted by molar-refractivity contribution is 0.130. The second kappa shape index (κ2) is 16.6. The fraction of sp³-hybridized carbons (Fsp3) is 0.439. The summed E-state index contributed by atoms with van der Waals surface area (Å²) in [6.45, 7) is 12.9. The number of benzene rings is 2. The second-order valence-electron chi connectivity index (χ2n) is 15.3. The number of fused-ring (bicyclic) bond motifs is 1. The average molecular weight is 751 g/mol. The van der Waals surface area contributed by atoms with Crippen LogP contribution >= 0.6 is 0 Å². The number of hydrogen-bond donors (Lipinski definition) is 3. The van der Waals surface area contributed by atoms with Gasteiger partial charge in [-0.3, -0.25) is 9.67 Å². The first kappa shape index (κ1) is 38.7. The van der Waals surface area contributed by atoms with E-state index < -0.39 is 14.4 Å². The van der Waals surface area contributed by atoms with Crippen LogP contribution < -0.4 is 26.2 Å². The molecule has 0 radical (unpaired) electrons. The van der Waals surface area contributed by atoms with Crippen LogP contribution in [0.3, 0.4) is 0 Å². The van der Waals surface area contributed by atoms with E-state index in [9.17, 15) is 9.90 Å². The van der Waals surface area contributed by atoms with Crippen molar-refractivity contribution in [2.45, 2.75) is 90.3 Å². The van der Waals surface area contributed by atoms with Crippen molar-refractivity contribution in [3.63, 3.8) is 0 Å². The third-order valence-corrected chi connectivity index (χ3v) is 15.6. The van der Waals surface area contributed by atoms with E-state index in [0.29, 0.717) is 49.0 Å². The molecule has 1 amide bonds. The fourth-order valence-electron chi connectivity index (χ4n) is 7.98. The summed E-state index contributed by atoms with van der Waals surface area (Å²) in [4.78, 5) is 27.3. The van der Waals surface area contributed by atoms with Crippen LogP contribution in [-0.4, -0.2) is 82.0 Å². The average Bonchev–Trinajstić information content (AvgIpc) is 3.47. The minimum atomic E-state index is -2.70. The van der Waals surface area contributed by atoms with Crippen molar-refractivity contribution in [1.29, 1.82) is 0 Å². The number of pyridine rings is 1. The molecule has 2 aromatic carbocycles. The minimum absolute atomic E-state index is 0.0437. The number of nitrogens with zero attached hydrogens (tertiary/aromatic N) is 6. The Morgan fingerprint density at radius 1 is 1.07 bits per heavy atom. The van der Waals surface area contributed by atoms with Crippen molar-refractivity contribution in [2.24, 2.45) is 0 Å². The van der Waals surface area contributed by atoms with Gasteiger partial charge in [0.2, 0.25) is 5.95 Å². The Balaban J connectivity index is 1.27. The monoisotopic (exact) mass is 750 g/mol. The van der Waals surface area contributed by atoms with Crippen molar-refractivity contribution >= 4 is 47.6 Å². The Morgan fingerprint density at radius 3 is 2.37 bits per heavy atom. The highest BCUT2D eigenvalue weighted by molar-refractivity contribution is 6.99. The number of hydrogen-bond acceptors (Lipinski definition) is 9. The van der Waals surface area contributed by atoms with Crippen molar-refractivity contribution in [1.82, 2.24) is 29.6 Å². The van der Waals surface area contributed by atoms with Crippen LogP contribution in [0.15, 0.2) is 72.9 Å². The summed E-state index contributed by atoms with van der Waals surface area (Å²) >= 11 is 0. The molecule has 5 aromatic rings. The molecule has 4 heterocycles. The van der Waals surface area contributed by atoms with Crippen molar-refractivity contribution < 1.29 is 19.1 Å². The number of carbonyl (C=O) groups is 1. The Kier molecular flexibility index (Phi) is 11.9. The van der Waals surface area contributed by atoms with Gasteiger partial charge in [0.05, 0.1) is 19.3 Å². The number of anilines is 2. The Bertz CT molecular complexity index is 2000. The third-order valence-electron chi connectivity index (χ3n) is 10.6. The first-order chi connectivity index (χ1) is 25.9. The number of piperidine rings is 1. The quantitative estimate of drug-likeness (QED) is 0.106. The number of aromatic nitrogens is 5. The van der Waals surface area contributed by atoms with Crippen molar-refractivity contribution in [3.05, 3.63) is 89.9 Å². The molecule has 54 heavy (non-hydrogen) atoms. The van der Waals surface area contributed by atoms with Crippen molar-refractivity contribution in [3.8, 4) is 5.75 Å². The standard InChI is InChI=1S/C41H54N8O4Si/c1-7-15-31(21-23-53-54(41(3,4)5,32-17-10-8-11-18-32)33-19-12-9-13-20-33)44-38-37-36(45-39(42)46-38)28(2)47-49(37)27-34-35(52-6)24-30(25-43-34)29-16-14-22-48(26-29)40(50)51/h8-13,17-20,24-25,29,31H,7,14-16,21-23,26-27H2,1-6H3,(H,50,51)(H3,42,44,45,46). The van der Waals surface area contributed by atoms with Gasteiger partial charge in [0.15, 0.2) is 5.82 Å². The maximum absolute atomic E-state index is 11.7. The molecule has 2 atom stereocenters. The molecule has 4 N–H and O–H groups in total. The molecule has 0 aliphatic carbocycles. The van der Waals surface area contributed by atoms with Crippen LogP contribution in [0.5, 0.6) is 5.75 Å². The first-order valence-electron chi connectivity index (χ1n) is 19.0. The van der Waals surface area contributed by atoms with Gasteiger partial charge in [0, 0.05) is 37.9 Å².